The largest absolute Gasteiger partial charge is 0.467 e. The van der Waals surface area contributed by atoms with E-state index in [0.717, 1.165) is 5.52 Å². The second kappa shape index (κ2) is 4.73. The molecule has 5 nitrogen and oxygen atoms in total. The Kier molecular flexibility index (Phi) is 3.31. The third-order valence-corrected chi connectivity index (χ3v) is 2.67. The maximum absolute atomic E-state index is 11.5. The van der Waals surface area contributed by atoms with E-state index in [1.165, 1.54) is 14.2 Å². The van der Waals surface area contributed by atoms with Crippen molar-refractivity contribution in [1.82, 2.24) is 9.38 Å². The van der Waals surface area contributed by atoms with Crippen LogP contribution in [-0.4, -0.2) is 29.6 Å². The first-order valence-corrected chi connectivity index (χ1v) is 5.28. The molecule has 2 rings (SSSR count). The third-order valence-electron chi connectivity index (χ3n) is 2.43. The van der Waals surface area contributed by atoms with Crippen molar-refractivity contribution < 1.29 is 14.3 Å². The van der Waals surface area contributed by atoms with Crippen molar-refractivity contribution >= 4 is 23.1 Å². The molecule has 90 valence electrons. The summed E-state index contributed by atoms with van der Waals surface area (Å²) in [7, 11) is 2.73. The number of methoxy groups -OCH3 is 2. The van der Waals surface area contributed by atoms with Crippen LogP contribution in [0.1, 0.15) is 11.8 Å². The predicted molar refractivity (Wildman–Crippen MR) is 62.0 cm³/mol. The van der Waals surface area contributed by atoms with E-state index in [0.29, 0.717) is 10.7 Å². The van der Waals surface area contributed by atoms with Gasteiger partial charge in [-0.1, -0.05) is 11.6 Å². The van der Waals surface area contributed by atoms with Crippen LogP contribution in [-0.2, 0) is 14.3 Å². The zero-order valence-electron chi connectivity index (χ0n) is 9.38. The van der Waals surface area contributed by atoms with Gasteiger partial charge in [-0.25, -0.2) is 9.78 Å². The molecule has 0 aromatic carbocycles. The van der Waals surface area contributed by atoms with Crippen LogP contribution in [0.3, 0.4) is 0 Å². The lowest BCUT2D eigenvalue weighted by Crippen LogP contribution is -2.16. The van der Waals surface area contributed by atoms with E-state index in [4.69, 9.17) is 16.3 Å². The van der Waals surface area contributed by atoms with Gasteiger partial charge in [-0.2, -0.15) is 0 Å². The number of hydrogen-bond acceptors (Lipinski definition) is 4. The van der Waals surface area contributed by atoms with Gasteiger partial charge in [-0.3, -0.25) is 0 Å². The van der Waals surface area contributed by atoms with Crippen molar-refractivity contribution in [2.24, 2.45) is 0 Å². The van der Waals surface area contributed by atoms with Gasteiger partial charge in [0.05, 0.1) is 19.0 Å². The number of hydrogen-bond donors (Lipinski definition) is 0. The van der Waals surface area contributed by atoms with E-state index in [1.54, 1.807) is 29.1 Å². The Morgan fingerprint density at radius 2 is 2.29 bits per heavy atom. The highest BCUT2D eigenvalue weighted by atomic mass is 35.5. The van der Waals surface area contributed by atoms with Gasteiger partial charge in [-0.15, -0.1) is 0 Å². The summed E-state index contributed by atoms with van der Waals surface area (Å²) in [6.07, 6.45) is 2.51. The van der Waals surface area contributed by atoms with E-state index in [9.17, 15) is 4.79 Å². The summed E-state index contributed by atoms with van der Waals surface area (Å²) in [4.78, 5) is 15.7. The minimum absolute atomic E-state index is 0.488. The number of carbonyl (C=O) groups is 1. The van der Waals surface area contributed by atoms with Crippen LogP contribution in [0.25, 0.3) is 5.52 Å². The van der Waals surface area contributed by atoms with Gasteiger partial charge in [0.25, 0.3) is 0 Å². The minimum Gasteiger partial charge on any atom is -0.467 e. The SMILES string of the molecule is COC(=O)C(OC)c1ncn2ccc(Cl)cc12. The van der Waals surface area contributed by atoms with E-state index in [2.05, 4.69) is 9.72 Å². The number of carbonyl (C=O) groups excluding carboxylic acids is 1. The highest BCUT2D eigenvalue weighted by Crippen LogP contribution is 2.23. The monoisotopic (exact) mass is 254 g/mol. The molecule has 0 aliphatic carbocycles. The number of ether oxygens (including phenoxy) is 2. The molecule has 0 saturated heterocycles. The number of aromatic nitrogens is 2. The molecule has 0 aliphatic heterocycles. The van der Waals surface area contributed by atoms with Crippen LogP contribution in [0.15, 0.2) is 24.7 Å². The van der Waals surface area contributed by atoms with Gasteiger partial charge >= 0.3 is 5.97 Å². The lowest BCUT2D eigenvalue weighted by molar-refractivity contribution is -0.152. The van der Waals surface area contributed by atoms with Crippen LogP contribution in [0.5, 0.6) is 0 Å². The molecule has 0 amide bonds. The summed E-state index contributed by atoms with van der Waals surface area (Å²) < 4.78 is 11.5. The zero-order valence-corrected chi connectivity index (χ0v) is 10.1. The Labute approximate surface area is 103 Å². The Hall–Kier alpha value is -1.59. The Morgan fingerprint density at radius 3 is 2.94 bits per heavy atom. The molecule has 0 aliphatic rings. The molecule has 0 radical (unpaired) electrons. The number of halogens is 1. The van der Waals surface area contributed by atoms with Crippen molar-refractivity contribution in [2.45, 2.75) is 6.10 Å². The average molecular weight is 255 g/mol. The minimum atomic E-state index is -0.844. The van der Waals surface area contributed by atoms with Gasteiger partial charge < -0.3 is 13.9 Å². The summed E-state index contributed by atoms with van der Waals surface area (Å²) in [6.45, 7) is 0. The standard InChI is InChI=1S/C11H11ClN2O3/c1-16-10(11(15)17-2)9-8-5-7(12)3-4-14(8)6-13-9/h3-6,10H,1-2H3. The van der Waals surface area contributed by atoms with Crippen LogP contribution in [0.2, 0.25) is 5.02 Å². The molecule has 0 spiro atoms. The Morgan fingerprint density at radius 1 is 1.53 bits per heavy atom. The molecule has 17 heavy (non-hydrogen) atoms. The van der Waals surface area contributed by atoms with Crippen molar-refractivity contribution in [1.29, 1.82) is 0 Å². The summed E-state index contributed by atoms with van der Waals surface area (Å²) in [6, 6.07) is 3.46. The topological polar surface area (TPSA) is 52.8 Å². The zero-order chi connectivity index (χ0) is 12.4. The molecule has 0 saturated carbocycles. The molecule has 2 aromatic rings. The lowest BCUT2D eigenvalue weighted by Gasteiger charge is -2.10. The summed E-state index contributed by atoms with van der Waals surface area (Å²) in [5.41, 5.74) is 1.21. The molecule has 6 heteroatoms. The number of esters is 1. The van der Waals surface area contributed by atoms with E-state index >= 15 is 0 Å². The summed E-state index contributed by atoms with van der Waals surface area (Å²) in [5.74, 6) is -0.493. The molecule has 0 N–H and O–H groups in total. The molecule has 2 heterocycles. The van der Waals surface area contributed by atoms with E-state index < -0.39 is 12.1 Å². The molecule has 1 unspecified atom stereocenters. The maximum atomic E-state index is 11.5. The summed E-state index contributed by atoms with van der Waals surface area (Å²) in [5, 5.41) is 0.568. The number of imidazole rings is 1. The number of fused-ring (bicyclic) bond motifs is 1. The fourth-order valence-corrected chi connectivity index (χ4v) is 1.77. The molecule has 1 atom stereocenters. The normalized spacial score (nSPS) is 12.6. The predicted octanol–water partition coefficient (Wildman–Crippen LogP) is 1.85. The highest BCUT2D eigenvalue weighted by molar-refractivity contribution is 6.30. The van der Waals surface area contributed by atoms with Crippen LogP contribution in [0.4, 0.5) is 0 Å². The molecular formula is C11H11ClN2O3. The van der Waals surface area contributed by atoms with E-state index in [1.807, 2.05) is 0 Å². The molecule has 0 fully saturated rings. The molecular weight excluding hydrogens is 244 g/mol. The molecule has 0 bridgehead atoms. The lowest BCUT2D eigenvalue weighted by atomic mass is 10.2. The second-order valence-electron chi connectivity index (χ2n) is 3.41. The van der Waals surface area contributed by atoms with Crippen molar-refractivity contribution in [2.75, 3.05) is 14.2 Å². The van der Waals surface area contributed by atoms with Gasteiger partial charge in [0.1, 0.15) is 5.69 Å². The first kappa shape index (κ1) is 11.9. The quantitative estimate of drug-likeness (QED) is 0.785. The molecule has 2 aromatic heterocycles. The number of pyridine rings is 1. The van der Waals surface area contributed by atoms with Gasteiger partial charge in [-0.05, 0) is 12.1 Å². The van der Waals surface area contributed by atoms with Crippen molar-refractivity contribution in [3.63, 3.8) is 0 Å². The van der Waals surface area contributed by atoms with Crippen LogP contribution < -0.4 is 0 Å². The Balaban J connectivity index is 2.53. The fraction of sp³-hybridized carbons (Fsp3) is 0.273. The Bertz CT molecular complexity index is 553. The van der Waals surface area contributed by atoms with E-state index in [-0.39, 0.29) is 0 Å². The highest BCUT2D eigenvalue weighted by Gasteiger charge is 2.25. The van der Waals surface area contributed by atoms with Gasteiger partial charge in [0.15, 0.2) is 6.10 Å². The second-order valence-corrected chi connectivity index (χ2v) is 3.84. The van der Waals surface area contributed by atoms with Gasteiger partial charge in [0, 0.05) is 18.3 Å². The fourth-order valence-electron chi connectivity index (χ4n) is 1.61. The summed E-state index contributed by atoms with van der Waals surface area (Å²) >= 11 is 5.91. The van der Waals surface area contributed by atoms with Crippen LogP contribution in [0, 0.1) is 0 Å². The average Bonchev–Trinajstić information content (AvgIpc) is 2.73. The van der Waals surface area contributed by atoms with Crippen molar-refractivity contribution in [3.05, 3.63) is 35.4 Å². The first-order valence-electron chi connectivity index (χ1n) is 4.90. The number of rotatable bonds is 3. The van der Waals surface area contributed by atoms with Crippen molar-refractivity contribution in [3.8, 4) is 0 Å². The maximum Gasteiger partial charge on any atom is 0.341 e. The first-order chi connectivity index (χ1) is 8.17. The third kappa shape index (κ3) is 2.11. The van der Waals surface area contributed by atoms with Gasteiger partial charge in [0.2, 0.25) is 0 Å². The van der Waals surface area contributed by atoms with Crippen LogP contribution >= 0.6 is 11.6 Å². The number of nitrogens with zero attached hydrogens (tertiary/aromatic N) is 2. The smallest absolute Gasteiger partial charge is 0.341 e.